The zero-order chi connectivity index (χ0) is 12.6. The van der Waals surface area contributed by atoms with Crippen molar-refractivity contribution in [3.63, 3.8) is 0 Å². The molecule has 1 nitrogen and oxygen atoms in total. The average Bonchev–Trinajstić information content (AvgIpc) is 3.11. The van der Waals surface area contributed by atoms with E-state index in [0.717, 1.165) is 24.0 Å². The van der Waals surface area contributed by atoms with Gasteiger partial charge in [0.2, 0.25) is 0 Å². The van der Waals surface area contributed by atoms with Gasteiger partial charge in [0.1, 0.15) is 0 Å². The second kappa shape index (κ2) is 5.03. The standard InChI is InChI=1S/C15H19Cl2N/c16-13-4-1-3-11(14(13)17)9-15(7-2-8-15)10-18-12-5-6-12/h1,3-4,12,18H,2,5-10H2. The number of benzene rings is 1. The molecule has 0 atom stereocenters. The van der Waals surface area contributed by atoms with Crippen LogP contribution in [0.2, 0.25) is 10.0 Å². The van der Waals surface area contributed by atoms with E-state index < -0.39 is 0 Å². The van der Waals surface area contributed by atoms with E-state index >= 15 is 0 Å². The first-order valence-corrected chi connectivity index (χ1v) is 7.60. The van der Waals surface area contributed by atoms with E-state index in [0.29, 0.717) is 10.4 Å². The van der Waals surface area contributed by atoms with Gasteiger partial charge in [-0.25, -0.2) is 0 Å². The van der Waals surface area contributed by atoms with Gasteiger partial charge >= 0.3 is 0 Å². The minimum absolute atomic E-state index is 0.427. The van der Waals surface area contributed by atoms with Crippen LogP contribution in [-0.2, 0) is 6.42 Å². The van der Waals surface area contributed by atoms with Crippen LogP contribution in [0.1, 0.15) is 37.7 Å². The van der Waals surface area contributed by atoms with Gasteiger partial charge in [0.05, 0.1) is 10.0 Å². The van der Waals surface area contributed by atoms with Crippen LogP contribution in [0.15, 0.2) is 18.2 Å². The topological polar surface area (TPSA) is 12.0 Å². The number of hydrogen-bond donors (Lipinski definition) is 1. The van der Waals surface area contributed by atoms with Crippen molar-refractivity contribution in [1.82, 2.24) is 5.32 Å². The summed E-state index contributed by atoms with van der Waals surface area (Å²) < 4.78 is 0. The highest BCUT2D eigenvalue weighted by molar-refractivity contribution is 6.42. The molecular weight excluding hydrogens is 265 g/mol. The normalized spacial score (nSPS) is 21.7. The van der Waals surface area contributed by atoms with Crippen molar-refractivity contribution < 1.29 is 0 Å². The maximum Gasteiger partial charge on any atom is 0.0624 e. The summed E-state index contributed by atoms with van der Waals surface area (Å²) >= 11 is 12.4. The molecule has 0 spiro atoms. The summed E-state index contributed by atoms with van der Waals surface area (Å²) in [5.74, 6) is 0. The van der Waals surface area contributed by atoms with Crippen molar-refractivity contribution in [1.29, 1.82) is 0 Å². The first-order chi connectivity index (χ1) is 8.69. The molecule has 2 saturated carbocycles. The number of halogens is 2. The number of nitrogens with one attached hydrogen (secondary N) is 1. The van der Waals surface area contributed by atoms with Crippen LogP contribution < -0.4 is 5.32 Å². The molecule has 2 fully saturated rings. The lowest BCUT2D eigenvalue weighted by molar-refractivity contribution is 0.129. The van der Waals surface area contributed by atoms with Crippen LogP contribution in [0.25, 0.3) is 0 Å². The lowest BCUT2D eigenvalue weighted by atomic mass is 9.65. The van der Waals surface area contributed by atoms with E-state index in [1.54, 1.807) is 0 Å². The van der Waals surface area contributed by atoms with Crippen molar-refractivity contribution >= 4 is 23.2 Å². The molecule has 0 radical (unpaired) electrons. The highest BCUT2D eigenvalue weighted by Crippen LogP contribution is 2.45. The minimum Gasteiger partial charge on any atom is -0.313 e. The Morgan fingerprint density at radius 2 is 2.00 bits per heavy atom. The van der Waals surface area contributed by atoms with Crippen LogP contribution in [0.5, 0.6) is 0 Å². The zero-order valence-electron chi connectivity index (χ0n) is 10.5. The predicted molar refractivity (Wildman–Crippen MR) is 77.5 cm³/mol. The van der Waals surface area contributed by atoms with Crippen LogP contribution in [0, 0.1) is 5.41 Å². The Hall–Kier alpha value is -0.240. The molecule has 1 aromatic rings. The Morgan fingerprint density at radius 1 is 1.22 bits per heavy atom. The quantitative estimate of drug-likeness (QED) is 0.841. The molecule has 0 aromatic heterocycles. The van der Waals surface area contributed by atoms with E-state index in [1.165, 1.54) is 37.7 Å². The molecule has 1 aromatic carbocycles. The summed E-state index contributed by atoms with van der Waals surface area (Å²) in [5.41, 5.74) is 1.64. The van der Waals surface area contributed by atoms with Gasteiger partial charge < -0.3 is 5.32 Å². The average molecular weight is 284 g/mol. The molecule has 0 amide bonds. The summed E-state index contributed by atoms with van der Waals surface area (Å²) in [4.78, 5) is 0. The van der Waals surface area contributed by atoms with Gasteiger partial charge in [-0.2, -0.15) is 0 Å². The highest BCUT2D eigenvalue weighted by atomic mass is 35.5. The summed E-state index contributed by atoms with van der Waals surface area (Å²) in [7, 11) is 0. The summed E-state index contributed by atoms with van der Waals surface area (Å²) in [6.45, 7) is 1.14. The molecule has 0 unspecified atom stereocenters. The Labute approximate surface area is 119 Å². The molecule has 0 saturated heterocycles. The number of rotatable bonds is 5. The fourth-order valence-electron chi connectivity index (χ4n) is 2.83. The zero-order valence-corrected chi connectivity index (χ0v) is 12.0. The molecule has 0 heterocycles. The van der Waals surface area contributed by atoms with Crippen molar-refractivity contribution in [2.45, 2.75) is 44.6 Å². The summed E-state index contributed by atoms with van der Waals surface area (Å²) in [6.07, 6.45) is 7.75. The molecular formula is C15H19Cl2N. The highest BCUT2D eigenvalue weighted by Gasteiger charge is 2.38. The Balaban J connectivity index is 1.70. The number of hydrogen-bond acceptors (Lipinski definition) is 1. The Morgan fingerprint density at radius 3 is 2.61 bits per heavy atom. The second-order valence-corrected chi connectivity index (χ2v) is 6.68. The second-order valence-electron chi connectivity index (χ2n) is 5.90. The van der Waals surface area contributed by atoms with Crippen LogP contribution in [0.3, 0.4) is 0 Å². The third-order valence-electron chi connectivity index (χ3n) is 4.35. The molecule has 2 aliphatic carbocycles. The SMILES string of the molecule is Clc1cccc(CC2(CNC3CC3)CCC2)c1Cl. The maximum atomic E-state index is 6.30. The largest absolute Gasteiger partial charge is 0.313 e. The van der Waals surface area contributed by atoms with Gasteiger partial charge in [0, 0.05) is 12.6 Å². The van der Waals surface area contributed by atoms with Crippen molar-refractivity contribution in [3.8, 4) is 0 Å². The van der Waals surface area contributed by atoms with E-state index in [4.69, 9.17) is 23.2 Å². The Bertz CT molecular complexity index is 436. The fourth-order valence-corrected chi connectivity index (χ4v) is 3.22. The van der Waals surface area contributed by atoms with Crippen molar-refractivity contribution in [2.24, 2.45) is 5.41 Å². The molecule has 1 N–H and O–H groups in total. The van der Waals surface area contributed by atoms with Gasteiger partial charge in [-0.3, -0.25) is 0 Å². The molecule has 18 heavy (non-hydrogen) atoms. The monoisotopic (exact) mass is 283 g/mol. The van der Waals surface area contributed by atoms with E-state index in [1.807, 2.05) is 12.1 Å². The smallest absolute Gasteiger partial charge is 0.0624 e. The van der Waals surface area contributed by atoms with Crippen molar-refractivity contribution in [2.75, 3.05) is 6.54 Å². The predicted octanol–water partition coefficient (Wildman–Crippen LogP) is 4.46. The molecule has 3 heteroatoms. The molecule has 98 valence electrons. The third kappa shape index (κ3) is 2.68. The van der Waals surface area contributed by atoms with Gasteiger partial charge in [-0.05, 0) is 49.1 Å². The van der Waals surface area contributed by atoms with Crippen LogP contribution >= 0.6 is 23.2 Å². The van der Waals surface area contributed by atoms with Gasteiger partial charge in [0.25, 0.3) is 0 Å². The molecule has 3 rings (SSSR count). The maximum absolute atomic E-state index is 6.30. The van der Waals surface area contributed by atoms with Crippen LogP contribution in [-0.4, -0.2) is 12.6 Å². The fraction of sp³-hybridized carbons (Fsp3) is 0.600. The third-order valence-corrected chi connectivity index (χ3v) is 5.21. The van der Waals surface area contributed by atoms with E-state index in [9.17, 15) is 0 Å². The van der Waals surface area contributed by atoms with E-state index in [-0.39, 0.29) is 0 Å². The first kappa shape index (κ1) is 12.8. The van der Waals surface area contributed by atoms with Gasteiger partial charge in [0.15, 0.2) is 0 Å². The minimum atomic E-state index is 0.427. The van der Waals surface area contributed by atoms with E-state index in [2.05, 4.69) is 11.4 Å². The van der Waals surface area contributed by atoms with Gasteiger partial charge in [-0.15, -0.1) is 0 Å². The van der Waals surface area contributed by atoms with Crippen LogP contribution in [0.4, 0.5) is 0 Å². The molecule has 2 aliphatic rings. The lowest BCUT2D eigenvalue weighted by Crippen LogP contribution is -2.42. The summed E-state index contributed by atoms with van der Waals surface area (Å²) in [6, 6.07) is 6.77. The van der Waals surface area contributed by atoms with Gasteiger partial charge in [-0.1, -0.05) is 41.8 Å². The molecule has 0 bridgehead atoms. The molecule has 0 aliphatic heterocycles. The first-order valence-electron chi connectivity index (χ1n) is 6.85. The summed E-state index contributed by atoms with van der Waals surface area (Å²) in [5, 5.41) is 5.10. The van der Waals surface area contributed by atoms with Crippen molar-refractivity contribution in [3.05, 3.63) is 33.8 Å². The Kier molecular flexibility index (Phi) is 3.57. The lowest BCUT2D eigenvalue weighted by Gasteiger charge is -2.42.